The molecule has 0 spiro atoms. The second-order valence-electron chi connectivity index (χ2n) is 4.74. The van der Waals surface area contributed by atoms with Crippen LogP contribution in [-0.2, 0) is 13.6 Å². The van der Waals surface area contributed by atoms with Crippen LogP contribution >= 0.6 is 7.60 Å². The molecule has 0 atom stereocenters. The number of para-hydroxylation sites is 1. The van der Waals surface area contributed by atoms with E-state index in [9.17, 15) is 4.57 Å². The van der Waals surface area contributed by atoms with Crippen LogP contribution in [0.2, 0.25) is 0 Å². The van der Waals surface area contributed by atoms with E-state index >= 15 is 0 Å². The SMILES string of the molecule is CCOP(=O)(OCC)/C(=C/Nc1ccccc1)c1ccccc1. The summed E-state index contributed by atoms with van der Waals surface area (Å²) in [5.74, 6) is 0. The van der Waals surface area contributed by atoms with E-state index in [1.165, 1.54) is 0 Å². The van der Waals surface area contributed by atoms with Gasteiger partial charge in [0.2, 0.25) is 0 Å². The average molecular weight is 331 g/mol. The highest BCUT2D eigenvalue weighted by molar-refractivity contribution is 7.65. The summed E-state index contributed by atoms with van der Waals surface area (Å²) >= 11 is 0. The monoisotopic (exact) mass is 331 g/mol. The van der Waals surface area contributed by atoms with E-state index in [1.54, 1.807) is 20.0 Å². The molecule has 0 heterocycles. The zero-order valence-electron chi connectivity index (χ0n) is 13.4. The van der Waals surface area contributed by atoms with Crippen molar-refractivity contribution in [3.63, 3.8) is 0 Å². The lowest BCUT2D eigenvalue weighted by Crippen LogP contribution is -2.01. The van der Waals surface area contributed by atoms with Crippen LogP contribution in [0.15, 0.2) is 66.9 Å². The van der Waals surface area contributed by atoms with Crippen LogP contribution in [0.5, 0.6) is 0 Å². The van der Waals surface area contributed by atoms with Crippen molar-refractivity contribution in [2.24, 2.45) is 0 Å². The first-order chi connectivity index (χ1) is 11.2. The number of nitrogens with one attached hydrogen (secondary N) is 1. The minimum atomic E-state index is -3.39. The molecule has 0 aliphatic heterocycles. The minimum Gasteiger partial charge on any atom is -0.361 e. The highest BCUT2D eigenvalue weighted by atomic mass is 31.2. The smallest absolute Gasteiger partial charge is 0.361 e. The van der Waals surface area contributed by atoms with Crippen LogP contribution in [0.25, 0.3) is 5.31 Å². The molecule has 5 heteroatoms. The Balaban J connectivity index is 2.41. The van der Waals surface area contributed by atoms with E-state index in [2.05, 4.69) is 5.32 Å². The molecule has 2 aromatic rings. The molecule has 0 fully saturated rings. The molecule has 1 N–H and O–H groups in total. The van der Waals surface area contributed by atoms with Gasteiger partial charge in [0.15, 0.2) is 0 Å². The topological polar surface area (TPSA) is 47.6 Å². The summed E-state index contributed by atoms with van der Waals surface area (Å²) in [5.41, 5.74) is 1.71. The van der Waals surface area contributed by atoms with Gasteiger partial charge in [0.05, 0.1) is 18.5 Å². The Hall–Kier alpha value is -1.87. The fraction of sp³-hybridized carbons (Fsp3) is 0.222. The molecule has 0 saturated heterocycles. The molecule has 0 saturated carbocycles. The van der Waals surface area contributed by atoms with Crippen molar-refractivity contribution in [1.82, 2.24) is 0 Å². The summed E-state index contributed by atoms with van der Waals surface area (Å²) in [4.78, 5) is 0. The van der Waals surface area contributed by atoms with Crippen molar-refractivity contribution in [2.45, 2.75) is 13.8 Å². The fourth-order valence-corrected chi connectivity index (χ4v) is 3.85. The maximum absolute atomic E-state index is 13.2. The molecule has 0 aliphatic carbocycles. The van der Waals surface area contributed by atoms with Crippen LogP contribution in [0, 0.1) is 0 Å². The van der Waals surface area contributed by atoms with Gasteiger partial charge in [-0.2, -0.15) is 0 Å². The third kappa shape index (κ3) is 4.80. The molecule has 0 aromatic heterocycles. The van der Waals surface area contributed by atoms with Gasteiger partial charge >= 0.3 is 7.60 Å². The number of hydrogen-bond donors (Lipinski definition) is 1. The lowest BCUT2D eigenvalue weighted by Gasteiger charge is -2.20. The third-order valence-corrected chi connectivity index (χ3v) is 5.29. The van der Waals surface area contributed by atoms with E-state index in [4.69, 9.17) is 9.05 Å². The number of benzene rings is 2. The fourth-order valence-electron chi connectivity index (χ4n) is 2.13. The number of anilines is 1. The largest absolute Gasteiger partial charge is 0.363 e. The predicted octanol–water partition coefficient (Wildman–Crippen LogP) is 5.36. The second-order valence-corrected chi connectivity index (χ2v) is 6.73. The molecular formula is C18H22NO3P. The van der Waals surface area contributed by atoms with Crippen molar-refractivity contribution in [3.8, 4) is 0 Å². The van der Waals surface area contributed by atoms with Gasteiger partial charge in [0.25, 0.3) is 0 Å². The predicted molar refractivity (Wildman–Crippen MR) is 95.3 cm³/mol. The summed E-state index contributed by atoms with van der Waals surface area (Å²) in [6.07, 6.45) is 1.71. The first-order valence-electron chi connectivity index (χ1n) is 7.66. The number of hydrogen-bond acceptors (Lipinski definition) is 4. The molecule has 0 bridgehead atoms. The molecule has 0 amide bonds. The van der Waals surface area contributed by atoms with Crippen LogP contribution in [-0.4, -0.2) is 13.2 Å². The van der Waals surface area contributed by atoms with Gasteiger partial charge in [-0.15, -0.1) is 0 Å². The minimum absolute atomic E-state index is 0.312. The lowest BCUT2D eigenvalue weighted by molar-refractivity contribution is 0.230. The zero-order valence-corrected chi connectivity index (χ0v) is 14.3. The standard InChI is InChI=1S/C18H22NO3P/c1-3-21-23(20,22-4-2)18(16-11-7-5-8-12-16)15-19-17-13-9-6-10-14-17/h5-15,19H,3-4H2,1-2H3/b18-15+. The maximum Gasteiger partial charge on any atom is 0.363 e. The Labute approximate surface area is 137 Å². The molecule has 23 heavy (non-hydrogen) atoms. The lowest BCUT2D eigenvalue weighted by atomic mass is 10.2. The third-order valence-electron chi connectivity index (χ3n) is 3.11. The maximum atomic E-state index is 13.2. The van der Waals surface area contributed by atoms with E-state index < -0.39 is 7.60 Å². The van der Waals surface area contributed by atoms with Gasteiger partial charge in [-0.3, -0.25) is 4.57 Å². The van der Waals surface area contributed by atoms with Gasteiger partial charge < -0.3 is 14.4 Å². The normalized spacial score (nSPS) is 12.2. The molecular weight excluding hydrogens is 309 g/mol. The van der Waals surface area contributed by atoms with Crippen LogP contribution < -0.4 is 5.32 Å². The van der Waals surface area contributed by atoms with Gasteiger partial charge in [0, 0.05) is 11.9 Å². The first kappa shape index (κ1) is 17.5. The molecule has 4 nitrogen and oxygen atoms in total. The van der Waals surface area contributed by atoms with E-state index in [1.807, 2.05) is 60.7 Å². The highest BCUT2D eigenvalue weighted by Crippen LogP contribution is 2.60. The van der Waals surface area contributed by atoms with Crippen molar-refractivity contribution in [2.75, 3.05) is 18.5 Å². The van der Waals surface area contributed by atoms with Gasteiger partial charge in [-0.1, -0.05) is 48.5 Å². The van der Waals surface area contributed by atoms with Gasteiger partial charge in [0.1, 0.15) is 0 Å². The van der Waals surface area contributed by atoms with Crippen molar-refractivity contribution in [1.29, 1.82) is 0 Å². The molecule has 0 radical (unpaired) electrons. The van der Waals surface area contributed by atoms with E-state index in [0.717, 1.165) is 11.3 Å². The quantitative estimate of drug-likeness (QED) is 0.661. The molecule has 0 unspecified atom stereocenters. The summed E-state index contributed by atoms with van der Waals surface area (Å²) in [6, 6.07) is 19.2. The highest BCUT2D eigenvalue weighted by Gasteiger charge is 2.30. The zero-order chi connectivity index (χ0) is 16.5. The van der Waals surface area contributed by atoms with E-state index in [-0.39, 0.29) is 0 Å². The van der Waals surface area contributed by atoms with Crippen LogP contribution in [0.1, 0.15) is 19.4 Å². The van der Waals surface area contributed by atoms with Gasteiger partial charge in [-0.25, -0.2) is 0 Å². The summed E-state index contributed by atoms with van der Waals surface area (Å²) in [7, 11) is -3.39. The Bertz CT molecular complexity index is 661. The molecule has 2 rings (SSSR count). The number of rotatable bonds is 8. The van der Waals surface area contributed by atoms with Crippen LogP contribution in [0.3, 0.4) is 0 Å². The summed E-state index contributed by atoms with van der Waals surface area (Å²) in [6.45, 7) is 4.23. The Morgan fingerprint density at radius 1 is 0.957 bits per heavy atom. The summed E-state index contributed by atoms with van der Waals surface area (Å²) < 4.78 is 24.2. The first-order valence-corrected chi connectivity index (χ1v) is 9.20. The Morgan fingerprint density at radius 2 is 1.48 bits per heavy atom. The van der Waals surface area contributed by atoms with Gasteiger partial charge in [-0.05, 0) is 31.5 Å². The van der Waals surface area contributed by atoms with Crippen molar-refractivity contribution >= 4 is 18.6 Å². The van der Waals surface area contributed by atoms with E-state index in [0.29, 0.717) is 18.5 Å². The van der Waals surface area contributed by atoms with Crippen molar-refractivity contribution in [3.05, 3.63) is 72.4 Å². The van der Waals surface area contributed by atoms with Crippen LogP contribution in [0.4, 0.5) is 5.69 Å². The van der Waals surface area contributed by atoms with Crippen molar-refractivity contribution < 1.29 is 13.6 Å². The summed E-state index contributed by atoms with van der Waals surface area (Å²) in [5, 5.41) is 3.69. The molecule has 2 aromatic carbocycles. The average Bonchev–Trinajstić information content (AvgIpc) is 2.57. The Kier molecular flexibility index (Phi) is 6.60. The molecule has 122 valence electrons. The second kappa shape index (κ2) is 8.68. The molecule has 0 aliphatic rings. The Morgan fingerprint density at radius 3 is 2.00 bits per heavy atom.